The van der Waals surface area contributed by atoms with Crippen molar-refractivity contribution in [2.75, 3.05) is 13.2 Å². The van der Waals surface area contributed by atoms with E-state index in [4.69, 9.17) is 4.74 Å². The molecule has 2 aliphatic heterocycles. The molecule has 1 aliphatic carbocycles. The fourth-order valence-corrected chi connectivity index (χ4v) is 5.17. The van der Waals surface area contributed by atoms with Gasteiger partial charge in [0.25, 0.3) is 5.91 Å². The van der Waals surface area contributed by atoms with Crippen LogP contribution in [0.15, 0.2) is 48.5 Å². The highest BCUT2D eigenvalue weighted by Crippen LogP contribution is 2.44. The molecule has 3 aliphatic rings. The lowest BCUT2D eigenvalue weighted by atomic mass is 9.98. The van der Waals surface area contributed by atoms with E-state index in [0.717, 1.165) is 27.3 Å². The predicted octanol–water partition coefficient (Wildman–Crippen LogP) is 2.51. The smallest absolute Gasteiger partial charge is 0.407 e. The zero-order valence-corrected chi connectivity index (χ0v) is 18.5. The number of carbonyl (C=O) groups is 4. The van der Waals surface area contributed by atoms with Crippen molar-refractivity contribution in [1.29, 1.82) is 0 Å². The van der Waals surface area contributed by atoms with E-state index >= 15 is 0 Å². The van der Waals surface area contributed by atoms with Crippen LogP contribution in [0.3, 0.4) is 0 Å². The largest absolute Gasteiger partial charge is 0.480 e. The number of carboxylic acids is 1. The number of hydrogen-bond donors (Lipinski definition) is 2. The van der Waals surface area contributed by atoms with Gasteiger partial charge in [-0.25, -0.2) is 14.6 Å². The summed E-state index contributed by atoms with van der Waals surface area (Å²) in [5, 5.41) is 14.4. The maximum absolute atomic E-state index is 13.2. The molecule has 9 nitrogen and oxygen atoms in total. The Balaban J connectivity index is 1.29. The van der Waals surface area contributed by atoms with E-state index < -0.39 is 30.1 Å². The van der Waals surface area contributed by atoms with Crippen LogP contribution in [0.4, 0.5) is 4.79 Å². The van der Waals surface area contributed by atoms with E-state index in [1.54, 1.807) is 0 Å². The number of amides is 3. The van der Waals surface area contributed by atoms with Gasteiger partial charge >= 0.3 is 12.1 Å². The number of alkyl carbamates (subject to hydrolysis) is 1. The summed E-state index contributed by atoms with van der Waals surface area (Å²) in [6.45, 7) is 0.374. The number of fused-ring (bicyclic) bond motifs is 4. The molecule has 0 radical (unpaired) electrons. The Labute approximate surface area is 196 Å². The molecule has 2 aromatic rings. The summed E-state index contributed by atoms with van der Waals surface area (Å²) in [4.78, 5) is 50.1. The third-order valence-electron chi connectivity index (χ3n) is 6.78. The molecule has 2 saturated heterocycles. The van der Waals surface area contributed by atoms with E-state index in [1.807, 2.05) is 48.5 Å². The first-order valence-corrected chi connectivity index (χ1v) is 11.4. The minimum Gasteiger partial charge on any atom is -0.480 e. The molecule has 2 fully saturated rings. The quantitative estimate of drug-likeness (QED) is 0.720. The van der Waals surface area contributed by atoms with Crippen molar-refractivity contribution >= 4 is 23.9 Å². The van der Waals surface area contributed by atoms with Crippen LogP contribution < -0.4 is 5.32 Å². The second-order valence-electron chi connectivity index (χ2n) is 8.76. The van der Waals surface area contributed by atoms with Gasteiger partial charge in [0.05, 0.1) is 0 Å². The molecule has 2 N–H and O–H groups in total. The first-order valence-electron chi connectivity index (χ1n) is 11.4. The normalized spacial score (nSPS) is 21.9. The van der Waals surface area contributed by atoms with Gasteiger partial charge in [-0.3, -0.25) is 14.6 Å². The summed E-state index contributed by atoms with van der Waals surface area (Å²) in [6.07, 6.45) is 0.0915. The summed E-state index contributed by atoms with van der Waals surface area (Å²) < 4.78 is 5.53. The number of carbonyl (C=O) groups excluding carboxylic acids is 3. The Hall–Kier alpha value is -3.88. The Bertz CT molecular complexity index is 1120. The van der Waals surface area contributed by atoms with Gasteiger partial charge in [-0.1, -0.05) is 48.5 Å². The summed E-state index contributed by atoms with van der Waals surface area (Å²) in [6, 6.07) is 13.8. The minimum absolute atomic E-state index is 0.0307. The molecule has 34 heavy (non-hydrogen) atoms. The highest BCUT2D eigenvalue weighted by atomic mass is 16.5. The van der Waals surface area contributed by atoms with E-state index in [-0.39, 0.29) is 44.2 Å². The number of ether oxygens (including phenoxy) is 1. The summed E-state index contributed by atoms with van der Waals surface area (Å²) in [7, 11) is 0. The van der Waals surface area contributed by atoms with E-state index in [9.17, 15) is 24.3 Å². The van der Waals surface area contributed by atoms with Crippen LogP contribution in [0.1, 0.15) is 42.7 Å². The molecular weight excluding hydrogens is 438 g/mol. The van der Waals surface area contributed by atoms with E-state index in [0.29, 0.717) is 6.42 Å². The maximum Gasteiger partial charge on any atom is 0.407 e. The third-order valence-corrected chi connectivity index (χ3v) is 6.78. The number of benzene rings is 2. The highest BCUT2D eigenvalue weighted by molar-refractivity contribution is 5.93. The molecule has 2 atom stereocenters. The maximum atomic E-state index is 13.2. The Morgan fingerprint density at radius 3 is 2.29 bits per heavy atom. The molecule has 2 aromatic carbocycles. The molecule has 0 bridgehead atoms. The highest BCUT2D eigenvalue weighted by Gasteiger charge is 2.44. The first-order chi connectivity index (χ1) is 16.5. The molecule has 3 amide bonds. The van der Waals surface area contributed by atoms with Gasteiger partial charge in [-0.05, 0) is 41.5 Å². The zero-order valence-electron chi connectivity index (χ0n) is 18.5. The Morgan fingerprint density at radius 1 is 1.00 bits per heavy atom. The SMILES string of the molecule is O=C(NC1CCC(=O)N2CCCC(C(=O)O)N2C1=O)OCC1c2ccccc2-c2ccccc21. The molecule has 0 spiro atoms. The first kappa shape index (κ1) is 21.9. The van der Waals surface area contributed by atoms with Crippen LogP contribution in [0, 0.1) is 0 Å². The van der Waals surface area contributed by atoms with Crippen molar-refractivity contribution in [2.24, 2.45) is 0 Å². The predicted molar refractivity (Wildman–Crippen MR) is 120 cm³/mol. The van der Waals surface area contributed by atoms with Gasteiger partial charge in [0.15, 0.2) is 6.04 Å². The van der Waals surface area contributed by atoms with Crippen LogP contribution in [-0.4, -0.2) is 64.2 Å². The molecule has 5 rings (SSSR count). The standard InChI is InChI=1S/C25H25N3O6/c29-22-12-11-20(23(30)28-21(24(31)32)10-5-13-27(22)28)26-25(33)34-14-19-17-8-3-1-6-15(17)16-7-2-4-9-18(16)19/h1-4,6-9,19-21H,5,10-14H2,(H,26,33)(H,31,32). The van der Waals surface area contributed by atoms with Crippen molar-refractivity contribution in [3.8, 4) is 11.1 Å². The second kappa shape index (κ2) is 8.81. The zero-order chi connectivity index (χ0) is 23.8. The number of nitrogens with one attached hydrogen (secondary N) is 1. The topological polar surface area (TPSA) is 116 Å². The summed E-state index contributed by atoms with van der Waals surface area (Å²) >= 11 is 0. The fraction of sp³-hybridized carbons (Fsp3) is 0.360. The summed E-state index contributed by atoms with van der Waals surface area (Å²) in [5.41, 5.74) is 4.35. The average Bonchev–Trinajstić information content (AvgIpc) is 3.11. The number of rotatable bonds is 4. The van der Waals surface area contributed by atoms with E-state index in [1.165, 1.54) is 5.01 Å². The van der Waals surface area contributed by atoms with Crippen molar-refractivity contribution in [3.05, 3.63) is 59.7 Å². The van der Waals surface area contributed by atoms with Gasteiger partial charge in [0, 0.05) is 18.9 Å². The second-order valence-corrected chi connectivity index (χ2v) is 8.76. The van der Waals surface area contributed by atoms with Gasteiger partial charge < -0.3 is 15.2 Å². The van der Waals surface area contributed by atoms with Crippen LogP contribution >= 0.6 is 0 Å². The van der Waals surface area contributed by atoms with Crippen molar-refractivity contribution < 1.29 is 29.0 Å². The monoisotopic (exact) mass is 463 g/mol. The van der Waals surface area contributed by atoms with Gasteiger partial charge in [0.1, 0.15) is 12.6 Å². The number of nitrogens with zero attached hydrogens (tertiary/aromatic N) is 2. The van der Waals surface area contributed by atoms with Gasteiger partial charge in [-0.15, -0.1) is 0 Å². The average molecular weight is 463 g/mol. The Kier molecular flexibility index (Phi) is 5.69. The Morgan fingerprint density at radius 2 is 1.65 bits per heavy atom. The van der Waals surface area contributed by atoms with Crippen LogP contribution in [0.2, 0.25) is 0 Å². The molecule has 2 heterocycles. The fourth-order valence-electron chi connectivity index (χ4n) is 5.17. The van der Waals surface area contributed by atoms with Gasteiger partial charge in [0.2, 0.25) is 5.91 Å². The van der Waals surface area contributed by atoms with Crippen molar-refractivity contribution in [1.82, 2.24) is 15.3 Å². The number of aliphatic carboxylic acids is 1. The lowest BCUT2D eigenvalue weighted by Crippen LogP contribution is -2.62. The molecule has 0 saturated carbocycles. The number of carboxylic acid groups (broad SMARTS) is 1. The van der Waals surface area contributed by atoms with Crippen LogP contribution in [0.25, 0.3) is 11.1 Å². The number of hydrogen-bond acceptors (Lipinski definition) is 5. The van der Waals surface area contributed by atoms with Crippen molar-refractivity contribution in [3.63, 3.8) is 0 Å². The third kappa shape index (κ3) is 3.76. The lowest BCUT2D eigenvalue weighted by Gasteiger charge is -2.41. The molecule has 2 unspecified atom stereocenters. The molecule has 176 valence electrons. The molecule has 9 heteroatoms. The van der Waals surface area contributed by atoms with Crippen molar-refractivity contribution in [2.45, 2.75) is 43.7 Å². The molecule has 0 aromatic heterocycles. The van der Waals surface area contributed by atoms with Crippen LogP contribution in [0.5, 0.6) is 0 Å². The summed E-state index contributed by atoms with van der Waals surface area (Å²) in [5.74, 6) is -2.23. The minimum atomic E-state index is -1.17. The van der Waals surface area contributed by atoms with E-state index in [2.05, 4.69) is 5.32 Å². The van der Waals surface area contributed by atoms with Gasteiger partial charge in [-0.2, -0.15) is 0 Å². The number of hydrazine groups is 1. The lowest BCUT2D eigenvalue weighted by molar-refractivity contribution is -0.180. The van der Waals surface area contributed by atoms with Crippen LogP contribution in [-0.2, 0) is 19.1 Å². The molecular formula is C25H25N3O6.